The average molecular weight is 952 g/mol. The molecule has 2 fully saturated rings. The minimum absolute atomic E-state index is 0.0350. The first-order valence-corrected chi connectivity index (χ1v) is 27.8. The molecule has 0 spiro atoms. The summed E-state index contributed by atoms with van der Waals surface area (Å²) in [7, 11) is 11.4. The predicted octanol–water partition coefficient (Wildman–Crippen LogP) is 0.437. The molecule has 6 N–H and O–H groups in total. The molecule has 2 aliphatic rings. The van der Waals surface area contributed by atoms with Gasteiger partial charge in [0.1, 0.15) is 12.2 Å². The standard InChI is InChI=1S/C7H16O3Si.C7H16O2Si.C6H16N2O2Si.C6H18N2OSi.C4H10O2.3C2H6O2/c1-3-7(11-8-2)10-5-6-4-9-6;1-3-7(10-2)9-5-6-4-8-6;1-2-10-11-5-3-4-8-6(7)9;1-9-10-6-2-4-8-5-3-7;1-3-5-6-4-2;3*1-3-4-2/h6-7H,3-5,11H2,1-2H3;6-7H,3-5,10H2,1-2H3;2-5,11H2,1H3,(H3,7,8,9);8H,2-7,10H2,1H3;3-4H2,1-2H3;3*1-2H3. The molecule has 4 unspecified atom stereocenters. The van der Waals surface area contributed by atoms with E-state index in [1.165, 1.54) is 61.5 Å². The number of nitrogens with one attached hydrogen (secondary N) is 2. The second-order valence-electron chi connectivity index (χ2n) is 11.7. The van der Waals surface area contributed by atoms with Crippen molar-refractivity contribution >= 4 is 44.8 Å². The summed E-state index contributed by atoms with van der Waals surface area (Å²) < 4.78 is 36.6. The van der Waals surface area contributed by atoms with Gasteiger partial charge in [-0.3, -0.25) is 0 Å². The Hall–Kier alpha value is -0.542. The van der Waals surface area contributed by atoms with E-state index in [1.54, 1.807) is 14.2 Å². The lowest BCUT2D eigenvalue weighted by atomic mass is 10.5. The topological polar surface area (TPSA) is 238 Å². The van der Waals surface area contributed by atoms with Gasteiger partial charge in [-0.05, 0) is 65.1 Å². The maximum absolute atomic E-state index is 10.2. The molecule has 2 rings (SSSR count). The second kappa shape index (κ2) is 70.1. The van der Waals surface area contributed by atoms with Crippen LogP contribution in [0.15, 0.2) is 0 Å². The van der Waals surface area contributed by atoms with Gasteiger partial charge in [0.2, 0.25) is 0 Å². The summed E-state index contributed by atoms with van der Waals surface area (Å²) in [6, 6.07) is 1.94. The van der Waals surface area contributed by atoms with E-state index in [0.717, 1.165) is 71.6 Å². The summed E-state index contributed by atoms with van der Waals surface area (Å²) in [4.78, 5) is 43.4. The number of rotatable bonds is 30. The lowest BCUT2D eigenvalue weighted by Crippen LogP contribution is -2.30. The minimum atomic E-state index is -0.457. The Morgan fingerprint density at radius 1 is 0.667 bits per heavy atom. The number of carbonyl (C=O) groups excluding carboxylic acids is 1. The van der Waals surface area contributed by atoms with E-state index in [0.29, 0.717) is 43.4 Å². The van der Waals surface area contributed by atoms with Gasteiger partial charge in [-0.25, -0.2) is 43.9 Å². The summed E-state index contributed by atoms with van der Waals surface area (Å²) in [5.74, 6) is 0. The maximum atomic E-state index is 10.2. The highest BCUT2D eigenvalue weighted by molar-refractivity contribution is 6.35. The van der Waals surface area contributed by atoms with Crippen LogP contribution in [-0.4, -0.2) is 198 Å². The Labute approximate surface area is 374 Å². The zero-order valence-corrected chi connectivity index (χ0v) is 46.0. The first-order chi connectivity index (χ1) is 29.1. The molecule has 370 valence electrons. The van der Waals surface area contributed by atoms with E-state index >= 15 is 0 Å². The lowest BCUT2D eigenvalue weighted by Gasteiger charge is -2.12. The number of hydrogen-bond donors (Lipinski definition) is 4. The van der Waals surface area contributed by atoms with Crippen LogP contribution < -0.4 is 22.1 Å². The third-order valence-corrected chi connectivity index (χ3v) is 12.8. The number of hydrogen-bond acceptors (Lipinski definition) is 18. The van der Waals surface area contributed by atoms with Crippen molar-refractivity contribution in [3.8, 4) is 0 Å². The highest BCUT2D eigenvalue weighted by Gasteiger charge is 2.24. The van der Waals surface area contributed by atoms with E-state index in [2.05, 4.69) is 70.1 Å². The molecule has 2 aliphatic heterocycles. The van der Waals surface area contributed by atoms with E-state index < -0.39 is 15.8 Å². The van der Waals surface area contributed by atoms with E-state index in [9.17, 15) is 4.79 Å². The lowest BCUT2D eigenvalue weighted by molar-refractivity contribution is -0.287. The van der Waals surface area contributed by atoms with Crippen LogP contribution in [0, 0.1) is 0 Å². The summed E-state index contributed by atoms with van der Waals surface area (Å²) in [6.45, 7) is 21.3. The van der Waals surface area contributed by atoms with Gasteiger partial charge in [-0.1, -0.05) is 20.4 Å². The number of nitrogens with two attached hydrogens (primary N) is 2. The van der Waals surface area contributed by atoms with Crippen LogP contribution in [0.1, 0.15) is 60.3 Å². The van der Waals surface area contributed by atoms with Gasteiger partial charge >= 0.3 is 6.03 Å². The second-order valence-corrected chi connectivity index (χ2v) is 18.5. The minimum Gasteiger partial charge on any atom is -0.427 e. The van der Waals surface area contributed by atoms with Crippen LogP contribution in [0.4, 0.5) is 4.79 Å². The monoisotopic (exact) mass is 951 g/mol. The fraction of sp³-hybridized carbons (Fsp3) is 0.972. The van der Waals surface area contributed by atoms with Crippen LogP contribution in [0.3, 0.4) is 0 Å². The molecule has 4 atom stereocenters. The molecule has 20 nitrogen and oxygen atoms in total. The SMILES string of the molecule is CCC(OCC1CO1)[SiH2]C.CCC(OCC1CO1)[SiH2]OC.CCOOCC.CCO[SiH2]CCCNC(N)=O.COOC.COOC.COOC.CO[SiH2]CCCNCCN. The fourth-order valence-electron chi connectivity index (χ4n) is 3.38. The predicted molar refractivity (Wildman–Crippen MR) is 249 cm³/mol. The molecule has 24 heteroatoms. The molecule has 0 aromatic carbocycles. The Balaban J connectivity index is -0.000000143. The van der Waals surface area contributed by atoms with Gasteiger partial charge in [0.25, 0.3) is 0 Å². The first-order valence-electron chi connectivity index (χ1n) is 21.0. The molecule has 2 saturated heterocycles. The summed E-state index contributed by atoms with van der Waals surface area (Å²) in [5, 5.41) is 5.76. The van der Waals surface area contributed by atoms with Crippen molar-refractivity contribution in [3.63, 3.8) is 0 Å². The normalized spacial score (nSPS) is 15.7. The van der Waals surface area contributed by atoms with Crippen molar-refractivity contribution in [2.24, 2.45) is 11.5 Å². The fourth-order valence-corrected chi connectivity index (χ4v) is 6.86. The van der Waals surface area contributed by atoms with Gasteiger partial charge in [-0.15, -0.1) is 0 Å². The van der Waals surface area contributed by atoms with E-state index in [1.807, 2.05) is 20.8 Å². The van der Waals surface area contributed by atoms with Crippen LogP contribution in [-0.2, 0) is 71.3 Å². The Morgan fingerprint density at radius 3 is 1.45 bits per heavy atom. The quantitative estimate of drug-likeness (QED) is 0.0251. The molecule has 0 saturated carbocycles. The molecule has 0 aliphatic carbocycles. The van der Waals surface area contributed by atoms with Crippen LogP contribution in [0.2, 0.25) is 18.6 Å². The highest BCUT2D eigenvalue weighted by Crippen LogP contribution is 2.11. The number of amides is 2. The van der Waals surface area contributed by atoms with Crippen LogP contribution in [0.25, 0.3) is 0 Å². The van der Waals surface area contributed by atoms with Crippen molar-refractivity contribution in [2.75, 3.05) is 129 Å². The molecule has 2 heterocycles. The van der Waals surface area contributed by atoms with Crippen molar-refractivity contribution in [2.45, 2.75) is 103 Å². The van der Waals surface area contributed by atoms with E-state index in [4.69, 9.17) is 43.7 Å². The molecular formula is C36H94N4O16Si4. The smallest absolute Gasteiger partial charge is 0.312 e. The van der Waals surface area contributed by atoms with Crippen molar-refractivity contribution < 1.29 is 76.1 Å². The molecule has 0 bridgehead atoms. The number of epoxide rings is 2. The third-order valence-electron chi connectivity index (χ3n) is 6.87. The molecular weight excluding hydrogens is 857 g/mol. The van der Waals surface area contributed by atoms with Gasteiger partial charge < -0.3 is 54.3 Å². The zero-order valence-electron chi connectivity index (χ0n) is 40.3. The van der Waals surface area contributed by atoms with Crippen molar-refractivity contribution in [3.05, 3.63) is 0 Å². The van der Waals surface area contributed by atoms with E-state index in [-0.39, 0.29) is 29.0 Å². The zero-order chi connectivity index (χ0) is 46.8. The van der Waals surface area contributed by atoms with Crippen molar-refractivity contribution in [1.82, 2.24) is 10.6 Å². The van der Waals surface area contributed by atoms with Crippen LogP contribution >= 0.6 is 0 Å². The molecule has 2 amide bonds. The largest absolute Gasteiger partial charge is 0.427 e. The highest BCUT2D eigenvalue weighted by atomic mass is 28.2. The first kappa shape index (κ1) is 71.1. The van der Waals surface area contributed by atoms with Crippen molar-refractivity contribution in [1.29, 1.82) is 0 Å². The number of primary amides is 1. The molecule has 0 aromatic rings. The van der Waals surface area contributed by atoms with Gasteiger partial charge in [0, 0.05) is 46.2 Å². The van der Waals surface area contributed by atoms with Gasteiger partial charge in [0.05, 0.1) is 97.5 Å². The molecule has 60 heavy (non-hydrogen) atoms. The summed E-state index contributed by atoms with van der Waals surface area (Å²) in [6.07, 6.45) is 5.28. The summed E-state index contributed by atoms with van der Waals surface area (Å²) >= 11 is 0. The molecule has 0 radical (unpaired) electrons. The average Bonchev–Trinajstić information content (AvgIpc) is 4.23. The number of ether oxygens (including phenoxy) is 4. The Kier molecular flexibility index (Phi) is 83.1. The van der Waals surface area contributed by atoms with Crippen LogP contribution in [0.5, 0.6) is 0 Å². The number of carbonyl (C=O) groups is 1. The third kappa shape index (κ3) is 88.6. The van der Waals surface area contributed by atoms with Gasteiger partial charge in [-0.2, -0.15) is 0 Å². The Bertz CT molecular complexity index is 695. The Morgan fingerprint density at radius 2 is 1.12 bits per heavy atom. The molecule has 0 aromatic heterocycles. The maximum Gasteiger partial charge on any atom is 0.312 e. The summed E-state index contributed by atoms with van der Waals surface area (Å²) in [5.41, 5.74) is 11.1. The number of urea groups is 1. The van der Waals surface area contributed by atoms with Gasteiger partial charge in [0.15, 0.2) is 29.3 Å².